The summed E-state index contributed by atoms with van der Waals surface area (Å²) in [6.45, 7) is 0. The van der Waals surface area contributed by atoms with Gasteiger partial charge in [0.25, 0.3) is 0 Å². The molecule has 0 unspecified atom stereocenters. The van der Waals surface area contributed by atoms with Crippen molar-refractivity contribution in [3.05, 3.63) is 59.7 Å². The molecule has 0 saturated heterocycles. The zero-order valence-corrected chi connectivity index (χ0v) is 9.46. The van der Waals surface area contributed by atoms with Gasteiger partial charge in [-0.05, 0) is 18.2 Å². The fourth-order valence-electron chi connectivity index (χ4n) is 1.69. The molecule has 3 nitrogen and oxygen atoms in total. The summed E-state index contributed by atoms with van der Waals surface area (Å²) in [5, 5.41) is 18.8. The van der Waals surface area contributed by atoms with Crippen molar-refractivity contribution in [1.29, 1.82) is 0 Å². The lowest BCUT2D eigenvalue weighted by Gasteiger charge is -2.07. The van der Waals surface area contributed by atoms with Crippen LogP contribution in [-0.2, 0) is 0 Å². The van der Waals surface area contributed by atoms with E-state index in [1.54, 1.807) is 13.1 Å². The smallest absolute Gasteiger partial charge is 0.158 e. The van der Waals surface area contributed by atoms with Gasteiger partial charge in [0.2, 0.25) is 0 Å². The van der Waals surface area contributed by atoms with Crippen LogP contribution < -0.4 is 0 Å². The van der Waals surface area contributed by atoms with Crippen molar-refractivity contribution in [3.63, 3.8) is 0 Å². The highest BCUT2D eigenvalue weighted by atomic mass is 16.3. The molecule has 0 bridgehead atoms. The van der Waals surface area contributed by atoms with E-state index >= 15 is 0 Å². The van der Waals surface area contributed by atoms with Gasteiger partial charge in [-0.3, -0.25) is 4.99 Å². The second kappa shape index (κ2) is 4.70. The van der Waals surface area contributed by atoms with Gasteiger partial charge in [-0.15, -0.1) is 0 Å². The third-order valence-electron chi connectivity index (χ3n) is 2.52. The summed E-state index contributed by atoms with van der Waals surface area (Å²) in [4.78, 5) is 4.22. The van der Waals surface area contributed by atoms with Crippen LogP contribution in [-0.4, -0.2) is 23.0 Å². The predicted octanol–water partition coefficient (Wildman–Crippen LogP) is 2.57. The summed E-state index contributed by atoms with van der Waals surface area (Å²) < 4.78 is 0. The monoisotopic (exact) mass is 227 g/mol. The van der Waals surface area contributed by atoms with Gasteiger partial charge in [-0.1, -0.05) is 30.3 Å². The van der Waals surface area contributed by atoms with Gasteiger partial charge >= 0.3 is 0 Å². The first-order chi connectivity index (χ1) is 8.22. The Hall–Kier alpha value is -2.29. The number of phenols is 2. The molecule has 0 amide bonds. The number of phenolic OH excluding ortho intramolecular Hbond substituents is 2. The van der Waals surface area contributed by atoms with E-state index in [1.807, 2.05) is 30.3 Å². The average molecular weight is 227 g/mol. The molecule has 2 aromatic carbocycles. The molecule has 3 heteroatoms. The van der Waals surface area contributed by atoms with E-state index in [4.69, 9.17) is 0 Å². The van der Waals surface area contributed by atoms with Crippen molar-refractivity contribution in [2.24, 2.45) is 4.99 Å². The largest absolute Gasteiger partial charge is 0.504 e. The van der Waals surface area contributed by atoms with Crippen molar-refractivity contribution in [3.8, 4) is 11.5 Å². The van der Waals surface area contributed by atoms with Crippen LogP contribution in [0.15, 0.2) is 53.5 Å². The molecule has 0 aliphatic heterocycles. The fraction of sp³-hybridized carbons (Fsp3) is 0.0714. The Labute approximate surface area is 99.7 Å². The molecule has 0 aromatic heterocycles. The highest BCUT2D eigenvalue weighted by Crippen LogP contribution is 2.26. The van der Waals surface area contributed by atoms with Gasteiger partial charge in [0.15, 0.2) is 11.5 Å². The van der Waals surface area contributed by atoms with Crippen LogP contribution in [0.5, 0.6) is 11.5 Å². The molecule has 0 radical (unpaired) electrons. The first kappa shape index (κ1) is 11.2. The van der Waals surface area contributed by atoms with Crippen molar-refractivity contribution < 1.29 is 10.2 Å². The SMILES string of the molecule is CN=C(c1ccccc1)c1ccc(O)c(O)c1. The van der Waals surface area contributed by atoms with Crippen molar-refractivity contribution in [2.45, 2.75) is 0 Å². The minimum Gasteiger partial charge on any atom is -0.504 e. The first-order valence-corrected chi connectivity index (χ1v) is 5.27. The normalized spacial score (nSPS) is 11.5. The number of rotatable bonds is 2. The first-order valence-electron chi connectivity index (χ1n) is 5.27. The van der Waals surface area contributed by atoms with E-state index in [9.17, 15) is 10.2 Å². The maximum atomic E-state index is 9.49. The van der Waals surface area contributed by atoms with Crippen molar-refractivity contribution in [1.82, 2.24) is 0 Å². The molecule has 0 saturated carbocycles. The Bertz CT molecular complexity index is 547. The Morgan fingerprint density at radius 2 is 1.59 bits per heavy atom. The molecule has 86 valence electrons. The fourth-order valence-corrected chi connectivity index (χ4v) is 1.69. The third kappa shape index (κ3) is 2.28. The standard InChI is InChI=1S/C14H13NO2/c1-15-14(10-5-3-2-4-6-10)11-7-8-12(16)13(17)9-11/h2-9,16-17H,1H3. The van der Waals surface area contributed by atoms with Crippen LogP contribution in [0.4, 0.5) is 0 Å². The topological polar surface area (TPSA) is 52.8 Å². The number of nitrogens with zero attached hydrogens (tertiary/aromatic N) is 1. The molecular weight excluding hydrogens is 214 g/mol. The molecule has 2 N–H and O–H groups in total. The van der Waals surface area contributed by atoms with Crippen molar-refractivity contribution >= 4 is 5.71 Å². The van der Waals surface area contributed by atoms with E-state index in [0.717, 1.165) is 16.8 Å². The summed E-state index contributed by atoms with van der Waals surface area (Å²) in [5.41, 5.74) is 2.52. The van der Waals surface area contributed by atoms with Gasteiger partial charge in [0, 0.05) is 18.2 Å². The van der Waals surface area contributed by atoms with E-state index in [1.165, 1.54) is 12.1 Å². The molecule has 0 spiro atoms. The lowest BCUT2D eigenvalue weighted by Crippen LogP contribution is -2.02. The Kier molecular flexibility index (Phi) is 3.10. The highest BCUT2D eigenvalue weighted by molar-refractivity contribution is 6.13. The lowest BCUT2D eigenvalue weighted by molar-refractivity contribution is 0.403. The van der Waals surface area contributed by atoms with Gasteiger partial charge in [0.05, 0.1) is 5.71 Å². The lowest BCUT2D eigenvalue weighted by atomic mass is 10.0. The minimum absolute atomic E-state index is 0.128. The Morgan fingerprint density at radius 1 is 0.882 bits per heavy atom. The maximum absolute atomic E-state index is 9.49. The van der Waals surface area contributed by atoms with Gasteiger partial charge in [-0.2, -0.15) is 0 Å². The highest BCUT2D eigenvalue weighted by Gasteiger charge is 2.08. The second-order valence-electron chi connectivity index (χ2n) is 3.64. The van der Waals surface area contributed by atoms with Crippen LogP contribution in [0.3, 0.4) is 0 Å². The molecular formula is C14H13NO2. The van der Waals surface area contributed by atoms with E-state index in [-0.39, 0.29) is 11.5 Å². The molecule has 0 aliphatic rings. The summed E-state index contributed by atoms with van der Waals surface area (Å²) in [6, 6.07) is 14.4. The number of hydrogen-bond donors (Lipinski definition) is 2. The number of aliphatic imine (C=N–C) groups is 1. The van der Waals surface area contributed by atoms with Gasteiger partial charge in [-0.25, -0.2) is 0 Å². The molecule has 0 heterocycles. The van der Waals surface area contributed by atoms with Crippen LogP contribution in [0, 0.1) is 0 Å². The van der Waals surface area contributed by atoms with Gasteiger partial charge < -0.3 is 10.2 Å². The second-order valence-corrected chi connectivity index (χ2v) is 3.64. The summed E-state index contributed by atoms with van der Waals surface area (Å²) >= 11 is 0. The van der Waals surface area contributed by atoms with E-state index in [0.29, 0.717) is 0 Å². The van der Waals surface area contributed by atoms with E-state index in [2.05, 4.69) is 4.99 Å². The molecule has 0 fully saturated rings. The zero-order chi connectivity index (χ0) is 12.3. The summed E-state index contributed by atoms with van der Waals surface area (Å²) in [5.74, 6) is -0.267. The number of hydrogen-bond acceptors (Lipinski definition) is 3. The van der Waals surface area contributed by atoms with Crippen molar-refractivity contribution in [2.75, 3.05) is 7.05 Å². The van der Waals surface area contributed by atoms with Crippen LogP contribution >= 0.6 is 0 Å². The minimum atomic E-state index is -0.139. The predicted molar refractivity (Wildman–Crippen MR) is 67.8 cm³/mol. The summed E-state index contributed by atoms with van der Waals surface area (Å²) in [6.07, 6.45) is 0. The zero-order valence-electron chi connectivity index (χ0n) is 9.46. The number of benzene rings is 2. The third-order valence-corrected chi connectivity index (χ3v) is 2.52. The molecule has 17 heavy (non-hydrogen) atoms. The average Bonchev–Trinajstić information content (AvgIpc) is 2.36. The summed E-state index contributed by atoms with van der Waals surface area (Å²) in [7, 11) is 1.70. The molecule has 0 atom stereocenters. The quantitative estimate of drug-likeness (QED) is 0.612. The number of aromatic hydroxyl groups is 2. The Balaban J connectivity index is 2.47. The van der Waals surface area contributed by atoms with Crippen LogP contribution in [0.1, 0.15) is 11.1 Å². The van der Waals surface area contributed by atoms with Crippen LogP contribution in [0.25, 0.3) is 0 Å². The van der Waals surface area contributed by atoms with Gasteiger partial charge in [0.1, 0.15) is 0 Å². The van der Waals surface area contributed by atoms with Crippen LogP contribution in [0.2, 0.25) is 0 Å². The molecule has 2 rings (SSSR count). The molecule has 0 aliphatic carbocycles. The van der Waals surface area contributed by atoms with E-state index < -0.39 is 0 Å². The maximum Gasteiger partial charge on any atom is 0.158 e. The molecule has 2 aromatic rings. The Morgan fingerprint density at radius 3 is 2.18 bits per heavy atom.